The highest BCUT2D eigenvalue weighted by Crippen LogP contribution is 2.15. The maximum Gasteiger partial charge on any atom is 0.364 e. The molecule has 0 spiro atoms. The van der Waals surface area contributed by atoms with Crippen LogP contribution in [-0.2, 0) is 0 Å². The Morgan fingerprint density at radius 2 is 2.00 bits per heavy atom. The number of hydrogen-bond acceptors (Lipinski definition) is 1. The highest BCUT2D eigenvalue weighted by Gasteiger charge is 2.10. The molecule has 0 aliphatic carbocycles. The Bertz CT molecular complexity index is 59.5. The highest BCUT2D eigenvalue weighted by molar-refractivity contribution is 6.35. The Labute approximate surface area is 60.9 Å². The van der Waals surface area contributed by atoms with Crippen molar-refractivity contribution in [3.8, 4) is 0 Å². The zero-order valence-electron chi connectivity index (χ0n) is 5.61. The lowest BCUT2D eigenvalue weighted by Crippen LogP contribution is -2.26. The van der Waals surface area contributed by atoms with Crippen LogP contribution in [0, 0.1) is 0 Å². The van der Waals surface area contributed by atoms with Crippen LogP contribution in [0.15, 0.2) is 0 Å². The maximum atomic E-state index is 3.37. The molecule has 1 fully saturated rings. The Kier molecular flexibility index (Phi) is 3.16. The van der Waals surface area contributed by atoms with Gasteiger partial charge < -0.3 is 5.32 Å². The summed E-state index contributed by atoms with van der Waals surface area (Å²) in [5.74, 6) is 0. The summed E-state index contributed by atoms with van der Waals surface area (Å²) in [5.41, 5.74) is 0. The predicted octanol–water partition coefficient (Wildman–Crippen LogP) is 0.911. The molecule has 1 aliphatic rings. The van der Waals surface area contributed by atoms with Crippen molar-refractivity contribution in [3.63, 3.8) is 0 Å². The van der Waals surface area contributed by atoms with Crippen molar-refractivity contribution in [2.75, 3.05) is 13.1 Å². The van der Waals surface area contributed by atoms with Crippen LogP contribution in [0.3, 0.4) is 0 Å². The summed E-state index contributed by atoms with van der Waals surface area (Å²) in [7, 11) is 0. The molecule has 0 aromatic rings. The first kappa shape index (κ1) is 6.84. The topological polar surface area (TPSA) is 12.0 Å². The van der Waals surface area contributed by atoms with Crippen LogP contribution in [0.1, 0.15) is 12.8 Å². The molecule has 2 heteroatoms. The lowest BCUT2D eigenvalue weighted by atomic mass is 10.1. The largest absolute Gasteiger partial charge is 0.364 e. The van der Waals surface area contributed by atoms with E-state index in [0.717, 1.165) is 4.05 Å². The van der Waals surface area contributed by atoms with Crippen LogP contribution >= 0.6 is 0 Å². The molecule has 0 amide bonds. The second kappa shape index (κ2) is 3.70. The molecule has 1 N–H and O–H groups in total. The molecular formula is C6H13MgN. The molecule has 8 heavy (non-hydrogen) atoms. The van der Waals surface area contributed by atoms with Gasteiger partial charge in [0.25, 0.3) is 0 Å². The molecular weight excluding hydrogens is 110 g/mol. The smallest absolute Gasteiger partial charge is 0.317 e. The minimum absolute atomic E-state index is 0.328. The molecule has 44 valence electrons. The number of nitrogens with one attached hydrogen (secondary N) is 1. The number of piperidine rings is 1. The minimum Gasteiger partial charge on any atom is -0.317 e. The van der Waals surface area contributed by atoms with Gasteiger partial charge in [0.1, 0.15) is 0 Å². The molecule has 0 aromatic heterocycles. The third-order valence-electron chi connectivity index (χ3n) is 2.04. The summed E-state index contributed by atoms with van der Waals surface area (Å²) in [4.78, 5) is 0. The van der Waals surface area contributed by atoms with Crippen molar-refractivity contribution < 1.29 is 0 Å². The zero-order valence-corrected chi connectivity index (χ0v) is 7.03. The van der Waals surface area contributed by atoms with E-state index >= 15 is 0 Å². The van der Waals surface area contributed by atoms with Gasteiger partial charge in [0.2, 0.25) is 0 Å². The van der Waals surface area contributed by atoms with Gasteiger partial charge in [-0.3, -0.25) is 0 Å². The van der Waals surface area contributed by atoms with Gasteiger partial charge in [0.05, 0.1) is 0 Å². The Balaban J connectivity index is 2.13. The monoisotopic (exact) mass is 123 g/mol. The number of hydrogen-bond donors (Lipinski definition) is 1. The molecule has 0 saturated carbocycles. The molecule has 0 unspecified atom stereocenters. The van der Waals surface area contributed by atoms with Crippen LogP contribution in [0.4, 0.5) is 0 Å². The van der Waals surface area contributed by atoms with Crippen LogP contribution in [0.25, 0.3) is 0 Å². The van der Waals surface area contributed by atoms with Gasteiger partial charge in [-0.15, -0.1) is 4.05 Å². The summed E-state index contributed by atoms with van der Waals surface area (Å²) in [5, 5.41) is 5.80. The third-order valence-corrected chi connectivity index (χ3v) is 4.01. The lowest BCUT2D eigenvalue weighted by Gasteiger charge is -2.20. The Morgan fingerprint density at radius 1 is 1.38 bits per heavy atom. The average molecular weight is 123 g/mol. The molecule has 1 rings (SSSR count). The first-order chi connectivity index (χ1) is 3.93. The van der Waals surface area contributed by atoms with E-state index in [9.17, 15) is 0 Å². The molecule has 0 bridgehead atoms. The summed E-state index contributed by atoms with van der Waals surface area (Å²) >= 11 is 0.328. The second-order valence-corrected chi connectivity index (χ2v) is 4.57. The fourth-order valence-electron chi connectivity index (χ4n) is 1.29. The van der Waals surface area contributed by atoms with Crippen LogP contribution in [0.5, 0.6) is 0 Å². The van der Waals surface area contributed by atoms with E-state index in [-0.39, 0.29) is 0 Å². The average Bonchev–Trinajstić information content (AvgIpc) is 1.90. The molecule has 1 heterocycles. The van der Waals surface area contributed by atoms with E-state index in [1.54, 1.807) is 0 Å². The van der Waals surface area contributed by atoms with Crippen molar-refractivity contribution >= 4 is 20.4 Å². The van der Waals surface area contributed by atoms with Gasteiger partial charge >= 0.3 is 20.4 Å². The molecule has 1 nitrogen and oxygen atoms in total. The molecule has 0 aromatic carbocycles. The van der Waals surface area contributed by atoms with Crippen LogP contribution in [-0.4, -0.2) is 33.5 Å². The van der Waals surface area contributed by atoms with Crippen LogP contribution < -0.4 is 5.32 Å². The third kappa shape index (κ3) is 1.92. The van der Waals surface area contributed by atoms with Crippen molar-refractivity contribution in [2.24, 2.45) is 0 Å². The molecule has 0 atom stereocenters. The minimum atomic E-state index is 0.328. The maximum absolute atomic E-state index is 3.37. The fourth-order valence-corrected chi connectivity index (χ4v) is 2.51. The zero-order chi connectivity index (χ0) is 5.82. The van der Waals surface area contributed by atoms with Crippen LogP contribution in [0.2, 0.25) is 9.10 Å². The molecule has 1 aliphatic heterocycles. The quantitative estimate of drug-likeness (QED) is 0.511. The van der Waals surface area contributed by atoms with Gasteiger partial charge in [0.15, 0.2) is 0 Å². The number of rotatable bonds is 1. The second-order valence-electron chi connectivity index (χ2n) is 2.60. The summed E-state index contributed by atoms with van der Waals surface area (Å²) in [6.45, 7) is 2.57. The first-order valence-electron chi connectivity index (χ1n) is 3.64. The SMILES string of the molecule is [CH3][Mg][CH]1CCNCC1. The van der Waals surface area contributed by atoms with E-state index < -0.39 is 0 Å². The van der Waals surface area contributed by atoms with Crippen molar-refractivity contribution in [3.05, 3.63) is 0 Å². The van der Waals surface area contributed by atoms with Gasteiger partial charge in [-0.2, -0.15) is 5.05 Å². The van der Waals surface area contributed by atoms with E-state index in [1.165, 1.54) is 25.9 Å². The Morgan fingerprint density at radius 3 is 2.38 bits per heavy atom. The Hall–Kier alpha value is 0.726. The lowest BCUT2D eigenvalue weighted by molar-refractivity contribution is 0.517. The highest BCUT2D eigenvalue weighted by atomic mass is 24.5. The molecule has 1 saturated heterocycles. The van der Waals surface area contributed by atoms with Crippen molar-refractivity contribution in [1.82, 2.24) is 5.32 Å². The van der Waals surface area contributed by atoms with Gasteiger partial charge in [-0.25, -0.2) is 0 Å². The van der Waals surface area contributed by atoms with Crippen molar-refractivity contribution in [1.29, 1.82) is 0 Å². The summed E-state index contributed by atoms with van der Waals surface area (Å²) in [6.07, 6.45) is 2.92. The summed E-state index contributed by atoms with van der Waals surface area (Å²) in [6, 6.07) is 0. The van der Waals surface area contributed by atoms with E-state index in [2.05, 4.69) is 10.4 Å². The normalized spacial score (nSPS) is 22.6. The molecule has 0 radical (unpaired) electrons. The van der Waals surface area contributed by atoms with E-state index in [4.69, 9.17) is 0 Å². The van der Waals surface area contributed by atoms with Gasteiger partial charge in [-0.1, -0.05) is 12.8 Å². The standard InChI is InChI=1S/C5H10N.CH3.Mg/c1-2-4-6-5-3-1;;/h1,6H,2-5H2;1H3;. The van der Waals surface area contributed by atoms with E-state index in [1.807, 2.05) is 0 Å². The van der Waals surface area contributed by atoms with E-state index in [0.29, 0.717) is 20.4 Å². The van der Waals surface area contributed by atoms with Gasteiger partial charge in [0, 0.05) is 0 Å². The summed E-state index contributed by atoms with van der Waals surface area (Å²) < 4.78 is 1.16. The fraction of sp³-hybridized carbons (Fsp3) is 1.00. The predicted molar refractivity (Wildman–Crippen MR) is 37.5 cm³/mol. The first-order valence-corrected chi connectivity index (χ1v) is 5.87. The van der Waals surface area contributed by atoms with Gasteiger partial charge in [-0.05, 0) is 13.1 Å². The van der Waals surface area contributed by atoms with Crippen molar-refractivity contribution in [2.45, 2.75) is 21.9 Å².